The Morgan fingerprint density at radius 1 is 0.971 bits per heavy atom. The fourth-order valence-corrected chi connectivity index (χ4v) is 4.07. The molecule has 9 nitrogen and oxygen atoms in total. The van der Waals surface area contributed by atoms with Crippen LogP contribution in [0.5, 0.6) is 0 Å². The second-order valence-corrected chi connectivity index (χ2v) is 8.35. The minimum atomic E-state index is -1.16. The monoisotopic (exact) mass is 466 g/mol. The molecular formula is C25H30N4O5. The molecule has 9 heteroatoms. The maximum Gasteiger partial charge on any atom is 0.322 e. The van der Waals surface area contributed by atoms with E-state index in [0.29, 0.717) is 25.8 Å². The highest BCUT2D eigenvalue weighted by Gasteiger charge is 2.38. The summed E-state index contributed by atoms with van der Waals surface area (Å²) < 4.78 is 0. The van der Waals surface area contributed by atoms with E-state index in [0.717, 1.165) is 11.1 Å². The summed E-state index contributed by atoms with van der Waals surface area (Å²) in [7, 11) is 0. The van der Waals surface area contributed by atoms with Gasteiger partial charge in [-0.2, -0.15) is 0 Å². The Morgan fingerprint density at radius 3 is 2.15 bits per heavy atom. The molecule has 3 unspecified atom stereocenters. The number of aliphatic carboxylic acids is 1. The van der Waals surface area contributed by atoms with Crippen LogP contribution in [0.2, 0.25) is 0 Å². The van der Waals surface area contributed by atoms with E-state index in [9.17, 15) is 19.2 Å². The molecule has 0 aliphatic carbocycles. The third-order valence-electron chi connectivity index (χ3n) is 5.78. The number of nitrogens with two attached hydrogens (primary N) is 1. The number of carbonyl (C=O) groups excluding carboxylic acids is 3. The van der Waals surface area contributed by atoms with Crippen molar-refractivity contribution < 1.29 is 24.3 Å². The Morgan fingerprint density at radius 2 is 1.56 bits per heavy atom. The molecule has 2 aromatic rings. The first-order valence-corrected chi connectivity index (χ1v) is 11.3. The van der Waals surface area contributed by atoms with Crippen LogP contribution in [0.25, 0.3) is 0 Å². The van der Waals surface area contributed by atoms with Gasteiger partial charge in [0.15, 0.2) is 0 Å². The van der Waals surface area contributed by atoms with Crippen LogP contribution < -0.4 is 16.4 Å². The topological polar surface area (TPSA) is 142 Å². The van der Waals surface area contributed by atoms with Gasteiger partial charge in [-0.15, -0.1) is 0 Å². The zero-order chi connectivity index (χ0) is 24.5. The van der Waals surface area contributed by atoms with Crippen molar-refractivity contribution in [3.8, 4) is 0 Å². The molecule has 1 saturated heterocycles. The lowest BCUT2D eigenvalue weighted by Crippen LogP contribution is -2.56. The van der Waals surface area contributed by atoms with E-state index in [2.05, 4.69) is 10.6 Å². The van der Waals surface area contributed by atoms with Crippen molar-refractivity contribution in [3.05, 3.63) is 71.8 Å². The summed E-state index contributed by atoms with van der Waals surface area (Å²) in [6.45, 7) is -0.170. The van der Waals surface area contributed by atoms with Crippen molar-refractivity contribution >= 4 is 23.7 Å². The van der Waals surface area contributed by atoms with Gasteiger partial charge in [-0.05, 0) is 30.4 Å². The molecule has 0 saturated carbocycles. The summed E-state index contributed by atoms with van der Waals surface area (Å²) in [5.41, 5.74) is 7.89. The second-order valence-electron chi connectivity index (χ2n) is 8.35. The van der Waals surface area contributed by atoms with Gasteiger partial charge < -0.3 is 26.4 Å². The van der Waals surface area contributed by atoms with Crippen LogP contribution in [0, 0.1) is 0 Å². The van der Waals surface area contributed by atoms with E-state index >= 15 is 0 Å². The normalized spacial score (nSPS) is 17.0. The van der Waals surface area contributed by atoms with Crippen LogP contribution >= 0.6 is 0 Å². The standard InChI is InChI=1S/C25H30N4O5/c26-19(14-17-8-3-1-4-9-17)23(32)28-20(15-18-10-5-2-6-11-18)25(34)29-13-7-12-21(29)24(33)27-16-22(30)31/h1-6,8-11,19-21H,7,12-16,26H2,(H,27,33)(H,28,32)(H,30,31). The summed E-state index contributed by atoms with van der Waals surface area (Å²) in [5, 5.41) is 14.0. The smallest absolute Gasteiger partial charge is 0.322 e. The zero-order valence-electron chi connectivity index (χ0n) is 18.9. The Labute approximate surface area is 198 Å². The van der Waals surface area contributed by atoms with Gasteiger partial charge >= 0.3 is 5.97 Å². The highest BCUT2D eigenvalue weighted by Crippen LogP contribution is 2.20. The minimum Gasteiger partial charge on any atom is -0.480 e. The van der Waals surface area contributed by atoms with E-state index in [1.54, 1.807) is 0 Å². The molecule has 2 aromatic carbocycles. The lowest BCUT2D eigenvalue weighted by Gasteiger charge is -2.29. The lowest BCUT2D eigenvalue weighted by molar-refractivity contribution is -0.142. The SMILES string of the molecule is NC(Cc1ccccc1)C(=O)NC(Cc1ccccc1)C(=O)N1CCCC1C(=O)NCC(=O)O. The number of amides is 3. The van der Waals surface area contributed by atoms with E-state index in [1.165, 1.54) is 4.90 Å². The van der Waals surface area contributed by atoms with E-state index < -0.39 is 48.4 Å². The Kier molecular flexibility index (Phi) is 8.75. The summed E-state index contributed by atoms with van der Waals surface area (Å²) in [5.74, 6) is -2.52. The van der Waals surface area contributed by atoms with E-state index in [4.69, 9.17) is 10.8 Å². The van der Waals surface area contributed by atoms with Crippen LogP contribution in [0.15, 0.2) is 60.7 Å². The Bertz CT molecular complexity index is 999. The van der Waals surface area contributed by atoms with Gasteiger partial charge in [-0.25, -0.2) is 0 Å². The molecule has 0 aromatic heterocycles. The summed E-state index contributed by atoms with van der Waals surface area (Å²) in [6.07, 6.45) is 1.60. The number of rotatable bonds is 10. The molecule has 1 heterocycles. The number of nitrogens with zero attached hydrogens (tertiary/aromatic N) is 1. The number of nitrogens with one attached hydrogen (secondary N) is 2. The number of carbonyl (C=O) groups is 4. The van der Waals surface area contributed by atoms with Crippen LogP contribution in [-0.4, -0.2) is 64.9 Å². The van der Waals surface area contributed by atoms with Crippen molar-refractivity contribution in [1.82, 2.24) is 15.5 Å². The molecule has 1 aliphatic heterocycles. The molecule has 5 N–H and O–H groups in total. The number of hydrogen-bond acceptors (Lipinski definition) is 5. The Hall–Kier alpha value is -3.72. The van der Waals surface area contributed by atoms with E-state index in [-0.39, 0.29) is 6.42 Å². The van der Waals surface area contributed by atoms with Crippen LogP contribution in [-0.2, 0) is 32.0 Å². The minimum absolute atomic E-state index is 0.240. The summed E-state index contributed by atoms with van der Waals surface area (Å²) in [6, 6.07) is 16.1. The van der Waals surface area contributed by atoms with Gasteiger partial charge in [0.25, 0.3) is 0 Å². The largest absolute Gasteiger partial charge is 0.480 e. The molecule has 0 radical (unpaired) electrons. The summed E-state index contributed by atoms with van der Waals surface area (Å²) in [4.78, 5) is 51.1. The molecule has 1 fully saturated rings. The van der Waals surface area contributed by atoms with Gasteiger partial charge in [-0.1, -0.05) is 60.7 Å². The van der Waals surface area contributed by atoms with Gasteiger partial charge in [-0.3, -0.25) is 19.2 Å². The van der Waals surface area contributed by atoms with Crippen LogP contribution in [0.4, 0.5) is 0 Å². The molecule has 0 spiro atoms. The fourth-order valence-electron chi connectivity index (χ4n) is 4.07. The number of benzene rings is 2. The molecule has 3 amide bonds. The molecule has 34 heavy (non-hydrogen) atoms. The number of likely N-dealkylation sites (tertiary alicyclic amines) is 1. The predicted octanol–water partition coefficient (Wildman–Crippen LogP) is 0.476. The van der Waals surface area contributed by atoms with Crippen molar-refractivity contribution in [1.29, 1.82) is 0 Å². The van der Waals surface area contributed by atoms with Crippen molar-refractivity contribution in [2.45, 2.75) is 43.8 Å². The van der Waals surface area contributed by atoms with Crippen LogP contribution in [0.1, 0.15) is 24.0 Å². The fraction of sp³-hybridized carbons (Fsp3) is 0.360. The maximum atomic E-state index is 13.5. The second kappa shape index (κ2) is 11.9. The average molecular weight is 467 g/mol. The average Bonchev–Trinajstić information content (AvgIpc) is 3.33. The molecule has 3 rings (SSSR count). The van der Waals surface area contributed by atoms with Crippen molar-refractivity contribution in [2.24, 2.45) is 5.73 Å². The number of carboxylic acids is 1. The Balaban J connectivity index is 1.73. The van der Waals surface area contributed by atoms with Gasteiger partial charge in [0.05, 0.1) is 6.04 Å². The predicted molar refractivity (Wildman–Crippen MR) is 126 cm³/mol. The van der Waals surface area contributed by atoms with E-state index in [1.807, 2.05) is 60.7 Å². The first kappa shape index (κ1) is 24.9. The third kappa shape index (κ3) is 6.89. The number of hydrogen-bond donors (Lipinski definition) is 4. The third-order valence-corrected chi connectivity index (χ3v) is 5.78. The quantitative estimate of drug-likeness (QED) is 0.401. The summed E-state index contributed by atoms with van der Waals surface area (Å²) >= 11 is 0. The van der Waals surface area contributed by atoms with Crippen LogP contribution in [0.3, 0.4) is 0 Å². The molecule has 180 valence electrons. The zero-order valence-corrected chi connectivity index (χ0v) is 18.9. The maximum absolute atomic E-state index is 13.5. The van der Waals surface area contributed by atoms with Crippen molar-refractivity contribution in [3.63, 3.8) is 0 Å². The molecule has 3 atom stereocenters. The highest BCUT2D eigenvalue weighted by molar-refractivity contribution is 5.94. The first-order chi connectivity index (χ1) is 16.3. The first-order valence-electron chi connectivity index (χ1n) is 11.3. The van der Waals surface area contributed by atoms with Crippen molar-refractivity contribution in [2.75, 3.05) is 13.1 Å². The highest BCUT2D eigenvalue weighted by atomic mass is 16.4. The lowest BCUT2D eigenvalue weighted by atomic mass is 10.0. The number of carboxylic acid groups (broad SMARTS) is 1. The molecule has 0 bridgehead atoms. The molecular weight excluding hydrogens is 436 g/mol. The van der Waals surface area contributed by atoms with Gasteiger partial charge in [0.2, 0.25) is 17.7 Å². The van der Waals surface area contributed by atoms with Gasteiger partial charge in [0.1, 0.15) is 18.6 Å². The van der Waals surface area contributed by atoms with Gasteiger partial charge in [0, 0.05) is 13.0 Å². The molecule has 1 aliphatic rings.